The first-order valence-electron chi connectivity index (χ1n) is 9.10. The largest absolute Gasteiger partial charge is 0.361 e. The van der Waals surface area contributed by atoms with Gasteiger partial charge in [0.25, 0.3) is 11.7 Å². The number of hydrogen-bond acceptors (Lipinski definition) is 4. The quantitative estimate of drug-likeness (QED) is 0.482. The number of amides is 1. The van der Waals surface area contributed by atoms with Crippen LogP contribution in [0.4, 0.5) is 8.78 Å². The lowest BCUT2D eigenvalue weighted by molar-refractivity contribution is 0.0941. The van der Waals surface area contributed by atoms with Crippen LogP contribution in [-0.2, 0) is 12.8 Å². The van der Waals surface area contributed by atoms with Crippen LogP contribution in [0, 0.1) is 0 Å². The zero-order valence-corrected chi connectivity index (χ0v) is 16.7. The Balaban J connectivity index is 1.51. The van der Waals surface area contributed by atoms with Gasteiger partial charge in [-0.15, -0.1) is 0 Å². The molecule has 9 heteroatoms. The zero-order valence-electron chi connectivity index (χ0n) is 15.9. The van der Waals surface area contributed by atoms with Gasteiger partial charge in [0.2, 0.25) is 5.89 Å². The summed E-state index contributed by atoms with van der Waals surface area (Å²) in [5.74, 6) is -1.12. The van der Waals surface area contributed by atoms with Crippen LogP contribution in [0.25, 0.3) is 10.9 Å². The first-order valence-corrected chi connectivity index (χ1v) is 9.48. The van der Waals surface area contributed by atoms with E-state index in [2.05, 4.69) is 27.0 Å². The maximum absolute atomic E-state index is 13.1. The normalized spacial score (nSPS) is 12.0. The Morgan fingerprint density at radius 1 is 1.37 bits per heavy atom. The minimum Gasteiger partial charge on any atom is -0.361 e. The fourth-order valence-electron chi connectivity index (χ4n) is 2.76. The molecule has 2 aromatic heterocycles. The van der Waals surface area contributed by atoms with Gasteiger partial charge in [0.15, 0.2) is 0 Å². The Morgan fingerprint density at radius 3 is 3.00 bits per heavy atom. The lowest BCUT2D eigenvalue weighted by atomic mass is 10.1. The van der Waals surface area contributed by atoms with Gasteiger partial charge in [0.05, 0.1) is 6.42 Å². The van der Waals surface area contributed by atoms with Crippen LogP contribution < -0.4 is 5.32 Å². The molecule has 30 heavy (non-hydrogen) atoms. The maximum atomic E-state index is 13.1. The van der Waals surface area contributed by atoms with Crippen molar-refractivity contribution in [1.82, 2.24) is 20.4 Å². The molecule has 0 atom stereocenters. The fraction of sp³-hybridized carbons (Fsp3) is 0.190. The summed E-state index contributed by atoms with van der Waals surface area (Å²) in [5.41, 5.74) is 2.46. The fourth-order valence-corrected chi connectivity index (χ4v) is 2.93. The highest BCUT2D eigenvalue weighted by molar-refractivity contribution is 6.31. The van der Waals surface area contributed by atoms with E-state index in [0.717, 1.165) is 28.6 Å². The number of hydrogen-bond donors (Lipinski definition) is 2. The van der Waals surface area contributed by atoms with E-state index in [4.69, 9.17) is 16.1 Å². The molecule has 3 rings (SSSR count). The van der Waals surface area contributed by atoms with Crippen molar-refractivity contribution in [2.45, 2.75) is 12.8 Å². The van der Waals surface area contributed by atoms with Crippen molar-refractivity contribution in [2.75, 3.05) is 13.2 Å². The minimum absolute atomic E-state index is 0.104. The lowest BCUT2D eigenvalue weighted by Crippen LogP contribution is -2.26. The molecule has 0 aliphatic heterocycles. The van der Waals surface area contributed by atoms with Gasteiger partial charge in [0.1, 0.15) is 12.5 Å². The molecule has 0 saturated carbocycles. The summed E-state index contributed by atoms with van der Waals surface area (Å²) >= 11 is 6.04. The number of fused-ring (bicyclic) bond motifs is 1. The third kappa shape index (κ3) is 5.64. The second-order valence-electron chi connectivity index (χ2n) is 6.43. The SMILES string of the molecule is C=C(/C=C\C(F)=C/CF)Cc1nc(C(=O)NCCc2c[nH]c3ccc(Cl)cc23)no1. The smallest absolute Gasteiger partial charge is 0.292 e. The van der Waals surface area contributed by atoms with Crippen molar-refractivity contribution < 1.29 is 18.1 Å². The number of aromatic nitrogens is 3. The van der Waals surface area contributed by atoms with E-state index in [0.29, 0.717) is 23.6 Å². The molecule has 0 saturated heterocycles. The summed E-state index contributed by atoms with van der Waals surface area (Å²) < 4.78 is 30.1. The molecule has 0 fully saturated rings. The van der Waals surface area contributed by atoms with Gasteiger partial charge in [-0.3, -0.25) is 4.79 Å². The van der Waals surface area contributed by atoms with E-state index in [1.54, 1.807) is 0 Å². The van der Waals surface area contributed by atoms with Gasteiger partial charge >= 0.3 is 0 Å². The topological polar surface area (TPSA) is 83.8 Å². The number of carbonyl (C=O) groups excluding carboxylic acids is 1. The van der Waals surface area contributed by atoms with Crippen molar-refractivity contribution in [2.24, 2.45) is 0 Å². The van der Waals surface area contributed by atoms with Crippen LogP contribution in [0.15, 0.2) is 65.1 Å². The van der Waals surface area contributed by atoms with Crippen molar-refractivity contribution in [3.8, 4) is 0 Å². The highest BCUT2D eigenvalue weighted by Gasteiger charge is 2.15. The number of nitrogens with one attached hydrogen (secondary N) is 2. The monoisotopic (exact) mass is 432 g/mol. The van der Waals surface area contributed by atoms with Gasteiger partial charge in [0, 0.05) is 28.7 Å². The van der Waals surface area contributed by atoms with Crippen LogP contribution in [-0.4, -0.2) is 34.3 Å². The van der Waals surface area contributed by atoms with E-state index >= 15 is 0 Å². The Morgan fingerprint density at radius 2 is 2.20 bits per heavy atom. The molecule has 1 amide bonds. The van der Waals surface area contributed by atoms with Crippen LogP contribution >= 0.6 is 11.6 Å². The van der Waals surface area contributed by atoms with Gasteiger partial charge in [-0.25, -0.2) is 8.78 Å². The minimum atomic E-state index is -0.890. The van der Waals surface area contributed by atoms with Crippen molar-refractivity contribution >= 4 is 28.4 Å². The van der Waals surface area contributed by atoms with E-state index in [1.807, 2.05) is 24.4 Å². The third-order valence-electron chi connectivity index (χ3n) is 4.21. The van der Waals surface area contributed by atoms with Gasteiger partial charge in [-0.05, 0) is 47.9 Å². The predicted octanol–water partition coefficient (Wildman–Crippen LogP) is 4.65. The molecule has 3 aromatic rings. The number of halogens is 3. The van der Waals surface area contributed by atoms with Crippen LogP contribution in [0.2, 0.25) is 5.02 Å². The summed E-state index contributed by atoms with van der Waals surface area (Å²) in [4.78, 5) is 19.4. The molecular weight excluding hydrogens is 414 g/mol. The molecule has 0 radical (unpaired) electrons. The molecule has 0 bridgehead atoms. The van der Waals surface area contributed by atoms with Gasteiger partial charge < -0.3 is 14.8 Å². The first kappa shape index (κ1) is 21.4. The molecule has 6 nitrogen and oxygen atoms in total. The summed E-state index contributed by atoms with van der Waals surface area (Å²) in [6, 6.07) is 5.58. The molecule has 0 aliphatic rings. The summed E-state index contributed by atoms with van der Waals surface area (Å²) in [7, 11) is 0. The molecule has 0 unspecified atom stereocenters. The molecular formula is C21H19ClF2N4O2. The number of rotatable bonds is 9. The maximum Gasteiger partial charge on any atom is 0.292 e. The lowest BCUT2D eigenvalue weighted by Gasteiger charge is -2.02. The van der Waals surface area contributed by atoms with Crippen LogP contribution in [0.1, 0.15) is 22.1 Å². The average Bonchev–Trinajstić information content (AvgIpc) is 3.34. The molecule has 0 spiro atoms. The third-order valence-corrected chi connectivity index (χ3v) is 4.44. The number of carbonyl (C=O) groups is 1. The van der Waals surface area contributed by atoms with Gasteiger partial charge in [-0.1, -0.05) is 29.4 Å². The molecule has 1 aromatic carbocycles. The second-order valence-corrected chi connectivity index (χ2v) is 6.87. The predicted molar refractivity (Wildman–Crippen MR) is 111 cm³/mol. The Kier molecular flexibility index (Phi) is 7.13. The van der Waals surface area contributed by atoms with E-state index in [1.165, 1.54) is 6.08 Å². The van der Waals surface area contributed by atoms with E-state index in [9.17, 15) is 13.6 Å². The number of allylic oxidation sites excluding steroid dienone is 5. The van der Waals surface area contributed by atoms with Gasteiger partial charge in [-0.2, -0.15) is 4.98 Å². The Labute approximate surface area is 176 Å². The highest BCUT2D eigenvalue weighted by Crippen LogP contribution is 2.22. The summed E-state index contributed by atoms with van der Waals surface area (Å²) in [5, 5.41) is 8.03. The van der Waals surface area contributed by atoms with Crippen LogP contribution in [0.5, 0.6) is 0 Å². The number of H-pyrrole nitrogens is 1. The summed E-state index contributed by atoms with van der Waals surface area (Å²) in [6.07, 6.45) is 5.86. The van der Waals surface area contributed by atoms with Crippen molar-refractivity contribution in [3.05, 3.63) is 82.9 Å². The first-order chi connectivity index (χ1) is 14.5. The number of benzene rings is 1. The average molecular weight is 433 g/mol. The number of aromatic amines is 1. The molecule has 0 aliphatic carbocycles. The van der Waals surface area contributed by atoms with E-state index in [-0.39, 0.29) is 18.1 Å². The van der Waals surface area contributed by atoms with Crippen LogP contribution in [0.3, 0.4) is 0 Å². The highest BCUT2D eigenvalue weighted by atomic mass is 35.5. The molecule has 2 heterocycles. The number of alkyl halides is 1. The Bertz CT molecular complexity index is 1120. The molecule has 156 valence electrons. The Hall–Kier alpha value is -3.26. The molecule has 2 N–H and O–H groups in total. The zero-order chi connectivity index (χ0) is 21.5. The summed E-state index contributed by atoms with van der Waals surface area (Å²) in [6.45, 7) is 3.21. The standard InChI is InChI=1S/C21H19ClF2N4O2/c1-13(2-4-16(24)6-8-23)10-19-27-20(28-30-19)21(29)25-9-7-14-12-26-18-5-3-15(22)11-17(14)18/h2-6,11-12,26H,1,7-10H2,(H,25,29)/b4-2-,16-6+. The second kappa shape index (κ2) is 9.98. The van der Waals surface area contributed by atoms with E-state index < -0.39 is 18.4 Å². The number of nitrogens with zero attached hydrogens (tertiary/aromatic N) is 2. The van der Waals surface area contributed by atoms with Crippen molar-refractivity contribution in [3.63, 3.8) is 0 Å². The van der Waals surface area contributed by atoms with Crippen molar-refractivity contribution in [1.29, 1.82) is 0 Å².